The van der Waals surface area contributed by atoms with Gasteiger partial charge in [-0.25, -0.2) is 13.2 Å². The van der Waals surface area contributed by atoms with Crippen LogP contribution in [0.25, 0.3) is 0 Å². The first kappa shape index (κ1) is 15.1. The molecule has 0 unspecified atom stereocenters. The van der Waals surface area contributed by atoms with Crippen LogP contribution >= 0.6 is 11.6 Å². The number of benzene rings is 2. The third-order valence-corrected chi connectivity index (χ3v) is 4.20. The van der Waals surface area contributed by atoms with Crippen molar-refractivity contribution in [2.75, 3.05) is 4.72 Å². The van der Waals surface area contributed by atoms with Gasteiger partial charge < -0.3 is 10.2 Å². The highest BCUT2D eigenvalue weighted by Crippen LogP contribution is 2.24. The van der Waals surface area contributed by atoms with Crippen molar-refractivity contribution in [2.24, 2.45) is 0 Å². The maximum atomic E-state index is 12.1. The van der Waals surface area contributed by atoms with Crippen LogP contribution in [0.1, 0.15) is 10.4 Å². The molecule has 0 fully saturated rings. The number of sulfonamides is 1. The Balaban J connectivity index is 2.37. The summed E-state index contributed by atoms with van der Waals surface area (Å²) in [5.41, 5.74) is -0.383. The summed E-state index contributed by atoms with van der Waals surface area (Å²) < 4.78 is 26.5. The Morgan fingerprint density at radius 1 is 1.14 bits per heavy atom. The van der Waals surface area contributed by atoms with Gasteiger partial charge in [0.05, 0.1) is 4.90 Å². The number of rotatable bonds is 4. The molecule has 0 aromatic heterocycles. The lowest BCUT2D eigenvalue weighted by Crippen LogP contribution is -2.13. The van der Waals surface area contributed by atoms with Gasteiger partial charge in [-0.15, -0.1) is 0 Å². The van der Waals surface area contributed by atoms with Gasteiger partial charge in [0, 0.05) is 10.7 Å². The first-order valence-electron chi connectivity index (χ1n) is 5.64. The molecule has 0 bridgehead atoms. The summed E-state index contributed by atoms with van der Waals surface area (Å²) in [6.45, 7) is 0. The average Bonchev–Trinajstić information content (AvgIpc) is 2.40. The van der Waals surface area contributed by atoms with E-state index < -0.39 is 27.3 Å². The molecule has 0 heterocycles. The smallest absolute Gasteiger partial charge is 0.339 e. The van der Waals surface area contributed by atoms with Gasteiger partial charge in [-0.05, 0) is 36.4 Å². The molecule has 2 rings (SSSR count). The average molecular weight is 328 g/mol. The molecule has 0 saturated carbocycles. The van der Waals surface area contributed by atoms with Crippen LogP contribution in [0.4, 0.5) is 5.69 Å². The fourth-order valence-electron chi connectivity index (χ4n) is 1.62. The topological polar surface area (TPSA) is 104 Å². The van der Waals surface area contributed by atoms with Crippen molar-refractivity contribution in [1.82, 2.24) is 0 Å². The van der Waals surface area contributed by atoms with E-state index in [9.17, 15) is 18.3 Å². The van der Waals surface area contributed by atoms with Crippen LogP contribution in [0, 0.1) is 0 Å². The minimum Gasteiger partial charge on any atom is -0.507 e. The number of nitrogens with one attached hydrogen (secondary N) is 1. The van der Waals surface area contributed by atoms with E-state index in [1.54, 1.807) is 0 Å². The molecule has 0 spiro atoms. The van der Waals surface area contributed by atoms with E-state index >= 15 is 0 Å². The normalized spacial score (nSPS) is 11.1. The van der Waals surface area contributed by atoms with Crippen molar-refractivity contribution < 1.29 is 23.4 Å². The van der Waals surface area contributed by atoms with E-state index in [0.717, 1.165) is 12.1 Å². The molecule has 0 amide bonds. The van der Waals surface area contributed by atoms with Crippen molar-refractivity contribution in [2.45, 2.75) is 4.90 Å². The zero-order chi connectivity index (χ0) is 15.6. The van der Waals surface area contributed by atoms with Gasteiger partial charge in [-0.2, -0.15) is 0 Å². The molecule has 6 nitrogen and oxygen atoms in total. The molecule has 0 aliphatic heterocycles. The van der Waals surface area contributed by atoms with Crippen LogP contribution in [0.15, 0.2) is 47.4 Å². The van der Waals surface area contributed by atoms with E-state index in [0.29, 0.717) is 0 Å². The SMILES string of the molecule is O=C(O)c1cc(NS(=O)(=O)c2cccc(Cl)c2)ccc1O. The fourth-order valence-corrected chi connectivity index (χ4v) is 2.97. The van der Waals surface area contributed by atoms with Crippen LogP contribution in [0.2, 0.25) is 5.02 Å². The second kappa shape index (κ2) is 5.63. The van der Waals surface area contributed by atoms with Gasteiger partial charge in [0.25, 0.3) is 10.0 Å². The van der Waals surface area contributed by atoms with Crippen molar-refractivity contribution in [3.05, 3.63) is 53.1 Å². The standard InChI is InChI=1S/C13H10ClNO5S/c14-8-2-1-3-10(6-8)21(19,20)15-9-4-5-12(16)11(7-9)13(17)18/h1-7,15-16H,(H,17,18). The highest BCUT2D eigenvalue weighted by molar-refractivity contribution is 7.92. The zero-order valence-corrected chi connectivity index (χ0v) is 12.0. The maximum absolute atomic E-state index is 12.1. The number of aromatic carboxylic acids is 1. The summed E-state index contributed by atoms with van der Waals surface area (Å²) in [5, 5.41) is 18.5. The Labute approximate surface area is 125 Å². The van der Waals surface area contributed by atoms with E-state index in [-0.39, 0.29) is 15.6 Å². The summed E-state index contributed by atoms with van der Waals surface area (Å²) in [7, 11) is -3.90. The van der Waals surface area contributed by atoms with Crippen LogP contribution in [0.5, 0.6) is 5.75 Å². The molecule has 21 heavy (non-hydrogen) atoms. The van der Waals surface area contributed by atoms with Gasteiger partial charge in [0.15, 0.2) is 0 Å². The van der Waals surface area contributed by atoms with Gasteiger partial charge in [0.2, 0.25) is 0 Å². The number of phenols is 1. The third kappa shape index (κ3) is 3.45. The Morgan fingerprint density at radius 2 is 1.86 bits per heavy atom. The molecule has 0 aliphatic carbocycles. The Bertz CT molecular complexity index is 804. The molecule has 0 atom stereocenters. The Kier molecular flexibility index (Phi) is 4.06. The van der Waals surface area contributed by atoms with Crippen LogP contribution in [0.3, 0.4) is 0 Å². The van der Waals surface area contributed by atoms with Gasteiger partial charge in [-0.1, -0.05) is 17.7 Å². The number of aromatic hydroxyl groups is 1. The number of carboxylic acids is 1. The van der Waals surface area contributed by atoms with Gasteiger partial charge in [0.1, 0.15) is 11.3 Å². The summed E-state index contributed by atoms with van der Waals surface area (Å²) in [6.07, 6.45) is 0. The first-order chi connectivity index (χ1) is 9.79. The molecule has 0 saturated heterocycles. The first-order valence-corrected chi connectivity index (χ1v) is 7.50. The molecule has 110 valence electrons. The van der Waals surface area contributed by atoms with E-state index in [2.05, 4.69) is 4.72 Å². The van der Waals surface area contributed by atoms with Crippen LogP contribution < -0.4 is 4.72 Å². The predicted molar refractivity (Wildman–Crippen MR) is 77.3 cm³/mol. The molecule has 0 radical (unpaired) electrons. The van der Waals surface area contributed by atoms with Crippen molar-refractivity contribution in [1.29, 1.82) is 0 Å². The molecule has 0 aliphatic rings. The van der Waals surface area contributed by atoms with Crippen LogP contribution in [-0.2, 0) is 10.0 Å². The summed E-state index contributed by atoms with van der Waals surface area (Å²) in [4.78, 5) is 10.8. The minimum absolute atomic E-state index is 0.0187. The van der Waals surface area contributed by atoms with E-state index in [1.165, 1.54) is 30.3 Å². The number of hydrogen-bond donors (Lipinski definition) is 3. The van der Waals surface area contributed by atoms with E-state index in [4.69, 9.17) is 16.7 Å². The molecule has 2 aromatic carbocycles. The zero-order valence-electron chi connectivity index (χ0n) is 10.4. The highest BCUT2D eigenvalue weighted by Gasteiger charge is 2.17. The van der Waals surface area contributed by atoms with Gasteiger partial charge >= 0.3 is 5.97 Å². The highest BCUT2D eigenvalue weighted by atomic mass is 35.5. The number of anilines is 1. The number of halogens is 1. The van der Waals surface area contributed by atoms with Crippen molar-refractivity contribution in [3.63, 3.8) is 0 Å². The molecular formula is C13H10ClNO5S. The maximum Gasteiger partial charge on any atom is 0.339 e. The van der Waals surface area contributed by atoms with Crippen molar-refractivity contribution >= 4 is 33.3 Å². The summed E-state index contributed by atoms with van der Waals surface area (Å²) in [6, 6.07) is 9.01. The number of carboxylic acid groups (broad SMARTS) is 1. The predicted octanol–water partition coefficient (Wildman–Crippen LogP) is 2.54. The second-order valence-electron chi connectivity index (χ2n) is 4.10. The monoisotopic (exact) mass is 327 g/mol. The largest absolute Gasteiger partial charge is 0.507 e. The lowest BCUT2D eigenvalue weighted by Gasteiger charge is -2.09. The van der Waals surface area contributed by atoms with Gasteiger partial charge in [-0.3, -0.25) is 4.72 Å². The quantitative estimate of drug-likeness (QED) is 0.749. The Hall–Kier alpha value is -2.25. The fraction of sp³-hybridized carbons (Fsp3) is 0. The lowest BCUT2D eigenvalue weighted by molar-refractivity contribution is 0.0694. The molecule has 3 N–H and O–H groups in total. The second-order valence-corrected chi connectivity index (χ2v) is 6.22. The molecule has 2 aromatic rings. The van der Waals surface area contributed by atoms with Crippen molar-refractivity contribution in [3.8, 4) is 5.75 Å². The third-order valence-electron chi connectivity index (χ3n) is 2.59. The minimum atomic E-state index is -3.90. The number of carbonyl (C=O) groups is 1. The molecule has 8 heteroatoms. The summed E-state index contributed by atoms with van der Waals surface area (Å²) >= 11 is 5.74. The van der Waals surface area contributed by atoms with Crippen LogP contribution in [-0.4, -0.2) is 24.6 Å². The summed E-state index contributed by atoms with van der Waals surface area (Å²) in [5.74, 6) is -1.82. The molecular weight excluding hydrogens is 318 g/mol. The van der Waals surface area contributed by atoms with E-state index in [1.807, 2.05) is 0 Å². The number of hydrogen-bond acceptors (Lipinski definition) is 4. The Morgan fingerprint density at radius 3 is 2.48 bits per heavy atom. The lowest BCUT2D eigenvalue weighted by atomic mass is 10.2.